The number of rotatable bonds is 1. The molecule has 1 fully saturated rings. The van der Waals surface area contributed by atoms with Crippen LogP contribution in [0.2, 0.25) is 0 Å². The van der Waals surface area contributed by atoms with E-state index in [-0.39, 0.29) is 23.8 Å². The van der Waals surface area contributed by atoms with E-state index in [4.69, 9.17) is 0 Å². The standard InChI is InChI=1S/C18H20F3N3O/c1-22-17(25)9-6-11-10-4-3-5-13-15(10)12(7-14(11)24(2)8-9)16(23-13)18(19,20)21/h3-5,9,11,14,23H,6-8H2,1-2H3,(H,22,25). The summed E-state index contributed by atoms with van der Waals surface area (Å²) >= 11 is 0. The molecular weight excluding hydrogens is 331 g/mol. The van der Waals surface area contributed by atoms with Crippen molar-refractivity contribution in [3.8, 4) is 0 Å². The third-order valence-electron chi connectivity index (χ3n) is 5.75. The van der Waals surface area contributed by atoms with E-state index in [2.05, 4.69) is 10.3 Å². The molecule has 0 spiro atoms. The first-order valence-corrected chi connectivity index (χ1v) is 8.43. The molecule has 0 bridgehead atoms. The molecule has 1 aromatic heterocycles. The molecule has 25 heavy (non-hydrogen) atoms. The third kappa shape index (κ3) is 2.44. The van der Waals surface area contributed by atoms with Gasteiger partial charge in [0.15, 0.2) is 0 Å². The lowest BCUT2D eigenvalue weighted by Crippen LogP contribution is -2.51. The van der Waals surface area contributed by atoms with E-state index in [1.807, 2.05) is 18.0 Å². The van der Waals surface area contributed by atoms with E-state index in [1.54, 1.807) is 19.2 Å². The van der Waals surface area contributed by atoms with Crippen molar-refractivity contribution in [2.45, 2.75) is 31.0 Å². The van der Waals surface area contributed by atoms with Crippen LogP contribution in [0.25, 0.3) is 10.9 Å². The van der Waals surface area contributed by atoms with Gasteiger partial charge in [-0.05, 0) is 37.1 Å². The van der Waals surface area contributed by atoms with Crippen LogP contribution in [-0.2, 0) is 17.4 Å². The molecule has 1 aliphatic heterocycles. The Labute approximate surface area is 143 Å². The van der Waals surface area contributed by atoms with E-state index in [1.165, 1.54) is 0 Å². The molecule has 1 aliphatic carbocycles. The second kappa shape index (κ2) is 5.49. The third-order valence-corrected chi connectivity index (χ3v) is 5.75. The number of hydrogen-bond acceptors (Lipinski definition) is 2. The van der Waals surface area contributed by atoms with Gasteiger partial charge in [0.05, 0.1) is 5.92 Å². The summed E-state index contributed by atoms with van der Waals surface area (Å²) in [5.74, 6) is -0.0865. The Morgan fingerprint density at radius 3 is 2.80 bits per heavy atom. The van der Waals surface area contributed by atoms with Gasteiger partial charge < -0.3 is 15.2 Å². The van der Waals surface area contributed by atoms with Gasteiger partial charge in [-0.2, -0.15) is 13.2 Å². The fourth-order valence-electron chi connectivity index (χ4n) is 4.67. The molecular formula is C18H20F3N3O. The number of carbonyl (C=O) groups is 1. The average molecular weight is 351 g/mol. The Morgan fingerprint density at radius 2 is 2.12 bits per heavy atom. The number of fused-ring (bicyclic) bond motifs is 2. The number of alkyl halides is 3. The van der Waals surface area contributed by atoms with Crippen LogP contribution in [0, 0.1) is 5.92 Å². The van der Waals surface area contributed by atoms with Crippen molar-refractivity contribution in [2.24, 2.45) is 5.92 Å². The first-order chi connectivity index (χ1) is 11.8. The highest BCUT2D eigenvalue weighted by atomic mass is 19.4. The van der Waals surface area contributed by atoms with Crippen LogP contribution in [0.5, 0.6) is 0 Å². The fourth-order valence-corrected chi connectivity index (χ4v) is 4.67. The van der Waals surface area contributed by atoms with Crippen molar-refractivity contribution in [2.75, 3.05) is 20.6 Å². The maximum atomic E-state index is 13.5. The normalized spacial score (nSPS) is 26.5. The van der Waals surface area contributed by atoms with Gasteiger partial charge in [-0.15, -0.1) is 0 Å². The summed E-state index contributed by atoms with van der Waals surface area (Å²) in [5.41, 5.74) is 1.19. The molecule has 2 N–H and O–H groups in total. The molecule has 4 nitrogen and oxygen atoms in total. The Kier molecular flexibility index (Phi) is 3.61. The van der Waals surface area contributed by atoms with Gasteiger partial charge in [-0.1, -0.05) is 12.1 Å². The zero-order valence-electron chi connectivity index (χ0n) is 14.1. The first-order valence-electron chi connectivity index (χ1n) is 8.43. The van der Waals surface area contributed by atoms with Crippen LogP contribution < -0.4 is 5.32 Å². The Balaban J connectivity index is 1.86. The summed E-state index contributed by atoms with van der Waals surface area (Å²) < 4.78 is 40.4. The zero-order chi connectivity index (χ0) is 17.9. The fraction of sp³-hybridized carbons (Fsp3) is 0.500. The summed E-state index contributed by atoms with van der Waals surface area (Å²) in [4.78, 5) is 16.7. The largest absolute Gasteiger partial charge is 0.431 e. The Hall–Kier alpha value is -2.02. The maximum Gasteiger partial charge on any atom is 0.431 e. The Bertz CT molecular complexity index is 842. The van der Waals surface area contributed by atoms with Crippen molar-refractivity contribution in [1.82, 2.24) is 15.2 Å². The van der Waals surface area contributed by atoms with Gasteiger partial charge in [-0.25, -0.2) is 0 Å². The van der Waals surface area contributed by atoms with E-state index in [0.29, 0.717) is 35.9 Å². The van der Waals surface area contributed by atoms with Gasteiger partial charge in [0.25, 0.3) is 0 Å². The second-order valence-electron chi connectivity index (χ2n) is 7.11. The number of piperidine rings is 1. The lowest BCUT2D eigenvalue weighted by atomic mass is 9.72. The molecule has 134 valence electrons. The van der Waals surface area contributed by atoms with Crippen LogP contribution in [0.3, 0.4) is 0 Å². The topological polar surface area (TPSA) is 48.1 Å². The number of aromatic amines is 1. The molecule has 0 radical (unpaired) electrons. The predicted octanol–water partition coefficient (Wildman–Crippen LogP) is 2.89. The minimum Gasteiger partial charge on any atom is -0.359 e. The van der Waals surface area contributed by atoms with Crippen LogP contribution in [-0.4, -0.2) is 42.5 Å². The highest BCUT2D eigenvalue weighted by Crippen LogP contribution is 2.47. The number of nitrogens with zero attached hydrogens (tertiary/aromatic N) is 1. The molecule has 2 aliphatic rings. The molecule has 1 saturated heterocycles. The lowest BCUT2D eigenvalue weighted by Gasteiger charge is -2.45. The summed E-state index contributed by atoms with van der Waals surface area (Å²) in [7, 11) is 3.52. The number of carbonyl (C=O) groups excluding carboxylic acids is 1. The molecule has 1 aromatic carbocycles. The summed E-state index contributed by atoms with van der Waals surface area (Å²) in [6.07, 6.45) is -3.37. The number of likely N-dealkylation sites (N-methyl/N-ethyl adjacent to an activating group) is 1. The van der Waals surface area contributed by atoms with Crippen LogP contribution >= 0.6 is 0 Å². The number of likely N-dealkylation sites (tertiary alicyclic amines) is 1. The van der Waals surface area contributed by atoms with E-state index < -0.39 is 11.9 Å². The van der Waals surface area contributed by atoms with Gasteiger partial charge in [0, 0.05) is 36.5 Å². The summed E-state index contributed by atoms with van der Waals surface area (Å²) in [6, 6.07) is 5.39. The quantitative estimate of drug-likeness (QED) is 0.830. The van der Waals surface area contributed by atoms with Gasteiger partial charge in [0.2, 0.25) is 5.91 Å². The number of nitrogens with one attached hydrogen (secondary N) is 2. The van der Waals surface area contributed by atoms with Crippen molar-refractivity contribution in [3.05, 3.63) is 35.0 Å². The molecule has 1 amide bonds. The van der Waals surface area contributed by atoms with Crippen molar-refractivity contribution in [1.29, 1.82) is 0 Å². The van der Waals surface area contributed by atoms with Crippen LogP contribution in [0.1, 0.15) is 29.2 Å². The summed E-state index contributed by atoms with van der Waals surface area (Å²) in [6.45, 7) is 0.567. The number of amides is 1. The highest BCUT2D eigenvalue weighted by molar-refractivity contribution is 5.90. The molecule has 2 aromatic rings. The number of H-pyrrole nitrogens is 1. The van der Waals surface area contributed by atoms with Gasteiger partial charge >= 0.3 is 6.18 Å². The average Bonchev–Trinajstić information content (AvgIpc) is 2.95. The number of benzene rings is 1. The van der Waals surface area contributed by atoms with Crippen molar-refractivity contribution in [3.63, 3.8) is 0 Å². The zero-order valence-corrected chi connectivity index (χ0v) is 14.1. The monoisotopic (exact) mass is 351 g/mol. The second-order valence-corrected chi connectivity index (χ2v) is 7.11. The minimum absolute atomic E-state index is 0.00618. The molecule has 3 atom stereocenters. The van der Waals surface area contributed by atoms with Crippen molar-refractivity contribution >= 4 is 16.8 Å². The van der Waals surface area contributed by atoms with Crippen LogP contribution in [0.15, 0.2) is 18.2 Å². The van der Waals surface area contributed by atoms with Crippen molar-refractivity contribution < 1.29 is 18.0 Å². The smallest absolute Gasteiger partial charge is 0.359 e. The van der Waals surface area contributed by atoms with E-state index >= 15 is 0 Å². The molecule has 3 unspecified atom stereocenters. The number of hydrogen-bond donors (Lipinski definition) is 2. The minimum atomic E-state index is -4.39. The van der Waals surface area contributed by atoms with Crippen LogP contribution in [0.4, 0.5) is 13.2 Å². The van der Waals surface area contributed by atoms with Gasteiger partial charge in [-0.3, -0.25) is 4.79 Å². The predicted molar refractivity (Wildman–Crippen MR) is 88.3 cm³/mol. The molecule has 2 heterocycles. The van der Waals surface area contributed by atoms with E-state index in [9.17, 15) is 18.0 Å². The Morgan fingerprint density at radius 1 is 1.36 bits per heavy atom. The molecule has 7 heteroatoms. The maximum absolute atomic E-state index is 13.5. The van der Waals surface area contributed by atoms with E-state index in [0.717, 1.165) is 5.56 Å². The lowest BCUT2D eigenvalue weighted by molar-refractivity contribution is -0.141. The molecule has 0 saturated carbocycles. The number of halogens is 3. The van der Waals surface area contributed by atoms with Gasteiger partial charge in [0.1, 0.15) is 5.69 Å². The summed E-state index contributed by atoms with van der Waals surface area (Å²) in [5, 5.41) is 3.39. The SMILES string of the molecule is CNC(=O)C1CC2c3cccc4[nH]c(C(F)(F)F)c(c34)CC2N(C)C1. The highest BCUT2D eigenvalue weighted by Gasteiger charge is 2.45. The molecule has 4 rings (SSSR count). The first kappa shape index (κ1) is 16.4. The number of aromatic nitrogens is 1.